The summed E-state index contributed by atoms with van der Waals surface area (Å²) in [5.74, 6) is 1.36. The number of rotatable bonds is 6. The largest absolute Gasteiger partial charge is 0.496 e. The van der Waals surface area contributed by atoms with Crippen LogP contribution >= 0.6 is 0 Å². The Morgan fingerprint density at radius 2 is 2.21 bits per heavy atom. The lowest BCUT2D eigenvalue weighted by Gasteiger charge is -2.28. The molecule has 0 unspecified atom stereocenters. The molecule has 0 bridgehead atoms. The van der Waals surface area contributed by atoms with Gasteiger partial charge in [-0.3, -0.25) is 0 Å². The summed E-state index contributed by atoms with van der Waals surface area (Å²) in [6.45, 7) is 7.07. The molecule has 0 saturated heterocycles. The molecule has 0 aromatic heterocycles. The van der Waals surface area contributed by atoms with Crippen LogP contribution in [-0.4, -0.2) is 13.7 Å². The summed E-state index contributed by atoms with van der Waals surface area (Å²) in [4.78, 5) is 0. The number of hydrogen-bond donors (Lipinski definition) is 1. The Bertz CT molecular complexity index is 464. The molecule has 2 nitrogen and oxygen atoms in total. The molecule has 2 heteroatoms. The van der Waals surface area contributed by atoms with Gasteiger partial charge in [0.1, 0.15) is 5.75 Å². The molecule has 2 rings (SSSR count). The maximum absolute atomic E-state index is 5.55. The van der Waals surface area contributed by atoms with Crippen LogP contribution in [0.3, 0.4) is 0 Å². The SMILES string of the molecule is C=CC[C@H]1C=C[C@@H](NCCC)c2cccc(OC)c21. The molecule has 1 aliphatic carbocycles. The summed E-state index contributed by atoms with van der Waals surface area (Å²) in [7, 11) is 1.74. The van der Waals surface area contributed by atoms with E-state index >= 15 is 0 Å². The summed E-state index contributed by atoms with van der Waals surface area (Å²) < 4.78 is 5.55. The minimum atomic E-state index is 0.297. The number of methoxy groups -OCH3 is 1. The van der Waals surface area contributed by atoms with E-state index in [1.807, 2.05) is 12.1 Å². The van der Waals surface area contributed by atoms with E-state index in [0.29, 0.717) is 12.0 Å². The minimum absolute atomic E-state index is 0.297. The smallest absolute Gasteiger partial charge is 0.123 e. The Balaban J connectivity index is 2.38. The number of ether oxygens (including phenoxy) is 1. The fraction of sp³-hybridized carbons (Fsp3) is 0.412. The second kappa shape index (κ2) is 6.58. The van der Waals surface area contributed by atoms with E-state index in [-0.39, 0.29) is 0 Å². The van der Waals surface area contributed by atoms with E-state index < -0.39 is 0 Å². The summed E-state index contributed by atoms with van der Waals surface area (Å²) in [5.41, 5.74) is 2.64. The van der Waals surface area contributed by atoms with Gasteiger partial charge in [0.05, 0.1) is 13.2 Å². The number of allylic oxidation sites excluding steroid dienone is 2. The predicted octanol–water partition coefficient (Wildman–Crippen LogP) is 3.97. The van der Waals surface area contributed by atoms with Crippen LogP contribution in [0.5, 0.6) is 5.75 Å². The van der Waals surface area contributed by atoms with Crippen LogP contribution in [0.15, 0.2) is 43.0 Å². The molecule has 102 valence electrons. The highest BCUT2D eigenvalue weighted by molar-refractivity contribution is 5.50. The van der Waals surface area contributed by atoms with Crippen molar-refractivity contribution in [3.05, 3.63) is 54.1 Å². The quantitative estimate of drug-likeness (QED) is 0.779. The van der Waals surface area contributed by atoms with Crippen molar-refractivity contribution in [2.24, 2.45) is 0 Å². The summed E-state index contributed by atoms with van der Waals surface area (Å²) >= 11 is 0. The van der Waals surface area contributed by atoms with Crippen LogP contribution in [0, 0.1) is 0 Å². The third-order valence-corrected chi connectivity index (χ3v) is 3.60. The van der Waals surface area contributed by atoms with Gasteiger partial charge in [-0.25, -0.2) is 0 Å². The van der Waals surface area contributed by atoms with E-state index in [1.165, 1.54) is 11.1 Å². The van der Waals surface area contributed by atoms with Crippen molar-refractivity contribution in [2.75, 3.05) is 13.7 Å². The van der Waals surface area contributed by atoms with E-state index in [0.717, 1.165) is 25.1 Å². The van der Waals surface area contributed by atoms with Gasteiger partial charge in [0.2, 0.25) is 0 Å². The highest BCUT2D eigenvalue weighted by Gasteiger charge is 2.24. The standard InChI is InChI=1S/C17H23NO/c1-4-7-13-10-11-15(18-12-5-2)14-8-6-9-16(19-3)17(13)14/h4,6,8-11,13,15,18H,1,5,7,12H2,2-3H3/t13-,15+/m0/s1. The minimum Gasteiger partial charge on any atom is -0.496 e. The van der Waals surface area contributed by atoms with E-state index in [1.54, 1.807) is 7.11 Å². The van der Waals surface area contributed by atoms with Gasteiger partial charge >= 0.3 is 0 Å². The Morgan fingerprint density at radius 1 is 1.37 bits per heavy atom. The molecular weight excluding hydrogens is 234 g/mol. The third kappa shape index (κ3) is 2.90. The Morgan fingerprint density at radius 3 is 2.89 bits per heavy atom. The van der Waals surface area contributed by atoms with Crippen molar-refractivity contribution in [3.8, 4) is 5.75 Å². The van der Waals surface area contributed by atoms with Crippen LogP contribution in [-0.2, 0) is 0 Å². The molecule has 0 aliphatic heterocycles. The molecular formula is C17H23NO. The molecule has 2 atom stereocenters. The molecule has 0 amide bonds. The first kappa shape index (κ1) is 13.9. The lowest BCUT2D eigenvalue weighted by atomic mass is 9.83. The Kier molecular flexibility index (Phi) is 4.80. The molecule has 19 heavy (non-hydrogen) atoms. The van der Waals surface area contributed by atoms with E-state index in [2.05, 4.69) is 43.1 Å². The summed E-state index contributed by atoms with van der Waals surface area (Å²) in [6.07, 6.45) is 8.61. The highest BCUT2D eigenvalue weighted by atomic mass is 16.5. The third-order valence-electron chi connectivity index (χ3n) is 3.60. The fourth-order valence-electron chi connectivity index (χ4n) is 2.71. The van der Waals surface area contributed by atoms with Crippen LogP contribution < -0.4 is 10.1 Å². The zero-order chi connectivity index (χ0) is 13.7. The average Bonchev–Trinajstić information content (AvgIpc) is 2.46. The van der Waals surface area contributed by atoms with Gasteiger partial charge in [-0.05, 0) is 31.0 Å². The molecule has 0 heterocycles. The summed E-state index contributed by atoms with van der Waals surface area (Å²) in [6, 6.07) is 6.61. The number of hydrogen-bond acceptors (Lipinski definition) is 2. The molecule has 1 aromatic carbocycles. The normalized spacial score (nSPS) is 20.9. The topological polar surface area (TPSA) is 21.3 Å². The number of benzene rings is 1. The second-order valence-corrected chi connectivity index (χ2v) is 4.91. The molecule has 1 N–H and O–H groups in total. The zero-order valence-corrected chi connectivity index (χ0v) is 11.9. The van der Waals surface area contributed by atoms with Crippen LogP contribution in [0.1, 0.15) is 42.9 Å². The van der Waals surface area contributed by atoms with Gasteiger partial charge in [-0.1, -0.05) is 37.3 Å². The van der Waals surface area contributed by atoms with Gasteiger partial charge in [0, 0.05) is 11.5 Å². The fourth-order valence-corrected chi connectivity index (χ4v) is 2.71. The first-order valence-corrected chi connectivity index (χ1v) is 7.01. The van der Waals surface area contributed by atoms with Gasteiger partial charge in [0.25, 0.3) is 0 Å². The maximum Gasteiger partial charge on any atom is 0.123 e. The lowest BCUT2D eigenvalue weighted by Crippen LogP contribution is -2.24. The lowest BCUT2D eigenvalue weighted by molar-refractivity contribution is 0.405. The van der Waals surface area contributed by atoms with Crippen LogP contribution in [0.25, 0.3) is 0 Å². The molecule has 1 aromatic rings. The zero-order valence-electron chi connectivity index (χ0n) is 11.9. The monoisotopic (exact) mass is 257 g/mol. The van der Waals surface area contributed by atoms with E-state index in [4.69, 9.17) is 4.74 Å². The molecule has 1 aliphatic rings. The molecule has 0 spiro atoms. The van der Waals surface area contributed by atoms with Gasteiger partial charge < -0.3 is 10.1 Å². The maximum atomic E-state index is 5.55. The van der Waals surface area contributed by atoms with Gasteiger partial charge in [0.15, 0.2) is 0 Å². The second-order valence-electron chi connectivity index (χ2n) is 4.91. The molecule has 0 radical (unpaired) electrons. The van der Waals surface area contributed by atoms with Gasteiger partial charge in [-0.2, -0.15) is 0 Å². The highest BCUT2D eigenvalue weighted by Crippen LogP contribution is 2.40. The van der Waals surface area contributed by atoms with Crippen molar-refractivity contribution in [1.29, 1.82) is 0 Å². The first-order valence-electron chi connectivity index (χ1n) is 7.01. The van der Waals surface area contributed by atoms with Crippen LogP contribution in [0.4, 0.5) is 0 Å². The Hall–Kier alpha value is -1.54. The van der Waals surface area contributed by atoms with Crippen molar-refractivity contribution in [1.82, 2.24) is 5.32 Å². The Labute approximate surface area is 116 Å². The van der Waals surface area contributed by atoms with Crippen molar-refractivity contribution < 1.29 is 4.74 Å². The number of nitrogens with one attached hydrogen (secondary N) is 1. The van der Waals surface area contributed by atoms with Crippen molar-refractivity contribution >= 4 is 0 Å². The number of fused-ring (bicyclic) bond motifs is 1. The predicted molar refractivity (Wildman–Crippen MR) is 80.7 cm³/mol. The van der Waals surface area contributed by atoms with Crippen molar-refractivity contribution in [2.45, 2.75) is 31.7 Å². The van der Waals surface area contributed by atoms with E-state index in [9.17, 15) is 0 Å². The molecule has 0 saturated carbocycles. The first-order chi connectivity index (χ1) is 9.31. The van der Waals surface area contributed by atoms with Crippen molar-refractivity contribution in [3.63, 3.8) is 0 Å². The molecule has 0 fully saturated rings. The van der Waals surface area contributed by atoms with Gasteiger partial charge in [-0.15, -0.1) is 6.58 Å². The van der Waals surface area contributed by atoms with Crippen LogP contribution in [0.2, 0.25) is 0 Å². The summed E-state index contributed by atoms with van der Waals surface area (Å²) in [5, 5.41) is 3.57. The average molecular weight is 257 g/mol.